The fraction of sp³-hybridized carbons (Fsp3) is 0.938. The molecule has 3 fully saturated rings. The molecule has 2 N–H and O–H groups in total. The van der Waals surface area contributed by atoms with Gasteiger partial charge in [-0.05, 0) is 35.5 Å². The van der Waals surface area contributed by atoms with Crippen LogP contribution in [0.5, 0.6) is 0 Å². The molecule has 0 spiro atoms. The number of nitrogens with zero attached hydrogens (tertiary/aromatic N) is 1. The highest BCUT2D eigenvalue weighted by atomic mass is 35.5. The van der Waals surface area contributed by atoms with Crippen molar-refractivity contribution in [2.75, 3.05) is 13.1 Å². The van der Waals surface area contributed by atoms with Crippen molar-refractivity contribution in [2.24, 2.45) is 34.3 Å². The van der Waals surface area contributed by atoms with Gasteiger partial charge >= 0.3 is 0 Å². The van der Waals surface area contributed by atoms with Gasteiger partial charge in [0.25, 0.3) is 0 Å². The van der Waals surface area contributed by atoms with Crippen LogP contribution in [0.1, 0.15) is 47.0 Å². The minimum Gasteiger partial charge on any atom is -0.342 e. The molecule has 2 aliphatic carbocycles. The highest BCUT2D eigenvalue weighted by molar-refractivity contribution is 5.85. The van der Waals surface area contributed by atoms with E-state index in [1.165, 1.54) is 12.8 Å². The molecule has 3 unspecified atom stereocenters. The molecule has 0 bridgehead atoms. The average molecular weight is 301 g/mol. The Hall–Kier alpha value is -0.280. The van der Waals surface area contributed by atoms with Crippen molar-refractivity contribution in [3.63, 3.8) is 0 Å². The van der Waals surface area contributed by atoms with E-state index in [0.717, 1.165) is 19.5 Å². The Kier molecular flexibility index (Phi) is 3.92. The Morgan fingerprint density at radius 1 is 1.10 bits per heavy atom. The molecule has 1 saturated heterocycles. The molecule has 3 aliphatic rings. The van der Waals surface area contributed by atoms with Crippen LogP contribution in [0.3, 0.4) is 0 Å². The summed E-state index contributed by atoms with van der Waals surface area (Å²) in [6, 6.07) is 0.316. The number of carbonyl (C=O) groups excluding carboxylic acids is 1. The first-order valence-corrected chi connectivity index (χ1v) is 7.81. The van der Waals surface area contributed by atoms with Crippen LogP contribution in [-0.2, 0) is 4.79 Å². The number of hydrogen-bond donors (Lipinski definition) is 1. The van der Waals surface area contributed by atoms with Gasteiger partial charge in [-0.1, -0.05) is 34.1 Å². The smallest absolute Gasteiger partial charge is 0.226 e. The van der Waals surface area contributed by atoms with E-state index in [4.69, 9.17) is 5.73 Å². The third-order valence-electron chi connectivity index (χ3n) is 6.73. The van der Waals surface area contributed by atoms with Gasteiger partial charge in [0.15, 0.2) is 0 Å². The Bertz CT molecular complexity index is 393. The summed E-state index contributed by atoms with van der Waals surface area (Å²) < 4.78 is 0. The van der Waals surface area contributed by atoms with Gasteiger partial charge in [-0.15, -0.1) is 12.4 Å². The van der Waals surface area contributed by atoms with E-state index in [-0.39, 0.29) is 29.2 Å². The Morgan fingerprint density at radius 2 is 1.70 bits per heavy atom. The lowest BCUT2D eigenvalue weighted by Gasteiger charge is -2.29. The molecule has 0 aromatic heterocycles. The molecule has 3 nitrogen and oxygen atoms in total. The quantitative estimate of drug-likeness (QED) is 0.809. The summed E-state index contributed by atoms with van der Waals surface area (Å²) in [5.74, 6) is 1.81. The Morgan fingerprint density at radius 3 is 2.20 bits per heavy atom. The summed E-state index contributed by atoms with van der Waals surface area (Å²) in [5.41, 5.74) is 6.55. The zero-order valence-electron chi connectivity index (χ0n) is 13.2. The van der Waals surface area contributed by atoms with Gasteiger partial charge in [-0.3, -0.25) is 4.79 Å². The maximum Gasteiger partial charge on any atom is 0.226 e. The summed E-state index contributed by atoms with van der Waals surface area (Å²) in [6.07, 6.45) is 3.65. The molecule has 2 saturated carbocycles. The number of carbonyl (C=O) groups is 1. The standard InChI is InChI=1S/C16H28N2O.ClH/c1-15(2)13(16(15,3)4)14(19)18-8-10-6-5-7-12(17)11(10)9-18;/h10-13H,5-9,17H2,1-4H3;1H. The maximum absolute atomic E-state index is 12.8. The van der Waals surface area contributed by atoms with Crippen molar-refractivity contribution in [1.29, 1.82) is 0 Å². The minimum atomic E-state index is 0. The summed E-state index contributed by atoms with van der Waals surface area (Å²) in [6.45, 7) is 10.8. The van der Waals surface area contributed by atoms with Crippen LogP contribution in [-0.4, -0.2) is 29.9 Å². The van der Waals surface area contributed by atoms with Gasteiger partial charge in [0.2, 0.25) is 5.91 Å². The fourth-order valence-electron chi connectivity index (χ4n) is 4.69. The van der Waals surface area contributed by atoms with E-state index in [1.807, 2.05) is 0 Å². The summed E-state index contributed by atoms with van der Waals surface area (Å²) in [4.78, 5) is 14.9. The summed E-state index contributed by atoms with van der Waals surface area (Å²) in [5, 5.41) is 0. The molecule has 20 heavy (non-hydrogen) atoms. The van der Waals surface area contributed by atoms with Crippen LogP contribution in [0, 0.1) is 28.6 Å². The summed E-state index contributed by atoms with van der Waals surface area (Å²) in [7, 11) is 0. The molecule has 1 heterocycles. The lowest BCUT2D eigenvalue weighted by atomic mass is 9.78. The van der Waals surface area contributed by atoms with Gasteiger partial charge in [-0.25, -0.2) is 0 Å². The molecule has 3 rings (SSSR count). The zero-order chi connectivity index (χ0) is 14.0. The van der Waals surface area contributed by atoms with Crippen molar-refractivity contribution in [3.05, 3.63) is 0 Å². The van der Waals surface area contributed by atoms with Crippen LogP contribution in [0.4, 0.5) is 0 Å². The van der Waals surface area contributed by atoms with E-state index in [1.54, 1.807) is 0 Å². The monoisotopic (exact) mass is 300 g/mol. The van der Waals surface area contributed by atoms with Crippen LogP contribution in [0.2, 0.25) is 0 Å². The molecule has 0 aromatic rings. The van der Waals surface area contributed by atoms with Gasteiger partial charge < -0.3 is 10.6 Å². The molecule has 3 atom stereocenters. The van der Waals surface area contributed by atoms with Crippen LogP contribution >= 0.6 is 12.4 Å². The highest BCUT2D eigenvalue weighted by Gasteiger charge is 2.69. The first-order chi connectivity index (χ1) is 8.76. The maximum atomic E-state index is 12.8. The first-order valence-electron chi connectivity index (χ1n) is 7.81. The van der Waals surface area contributed by atoms with E-state index in [2.05, 4.69) is 32.6 Å². The van der Waals surface area contributed by atoms with Crippen molar-refractivity contribution in [3.8, 4) is 0 Å². The van der Waals surface area contributed by atoms with E-state index >= 15 is 0 Å². The van der Waals surface area contributed by atoms with Crippen LogP contribution in [0.25, 0.3) is 0 Å². The zero-order valence-corrected chi connectivity index (χ0v) is 14.0. The molecule has 116 valence electrons. The summed E-state index contributed by atoms with van der Waals surface area (Å²) >= 11 is 0. The van der Waals surface area contributed by atoms with E-state index in [0.29, 0.717) is 23.8 Å². The first kappa shape index (κ1) is 16.1. The number of rotatable bonds is 1. The largest absolute Gasteiger partial charge is 0.342 e. The fourth-order valence-corrected chi connectivity index (χ4v) is 4.69. The van der Waals surface area contributed by atoms with Gasteiger partial charge in [0, 0.05) is 25.0 Å². The molecule has 1 aliphatic heterocycles. The third-order valence-corrected chi connectivity index (χ3v) is 6.73. The second kappa shape index (κ2) is 4.88. The molecular formula is C16H29ClN2O. The van der Waals surface area contributed by atoms with Crippen molar-refractivity contribution < 1.29 is 4.79 Å². The van der Waals surface area contributed by atoms with Gasteiger partial charge in [0.1, 0.15) is 0 Å². The average Bonchev–Trinajstić information content (AvgIpc) is 2.67. The van der Waals surface area contributed by atoms with E-state index in [9.17, 15) is 4.79 Å². The Balaban J connectivity index is 0.00000147. The molecule has 0 aromatic carbocycles. The molecule has 0 radical (unpaired) electrons. The SMILES string of the molecule is CC1(C)C(C(=O)N2CC3CCCC(N)C3C2)C1(C)C.Cl. The highest BCUT2D eigenvalue weighted by Crippen LogP contribution is 2.69. The lowest BCUT2D eigenvalue weighted by molar-refractivity contribution is -0.133. The molecular weight excluding hydrogens is 272 g/mol. The van der Waals surface area contributed by atoms with Crippen LogP contribution < -0.4 is 5.73 Å². The number of halogens is 1. The Labute approximate surface area is 129 Å². The number of likely N-dealkylation sites (tertiary alicyclic amines) is 1. The third kappa shape index (κ3) is 2.09. The minimum absolute atomic E-state index is 0. The normalized spacial score (nSPS) is 38.0. The predicted molar refractivity (Wildman–Crippen MR) is 83.7 cm³/mol. The predicted octanol–water partition coefficient (Wildman–Crippen LogP) is 2.68. The topological polar surface area (TPSA) is 46.3 Å². The van der Waals surface area contributed by atoms with Crippen molar-refractivity contribution >= 4 is 18.3 Å². The van der Waals surface area contributed by atoms with Gasteiger partial charge in [0.05, 0.1) is 0 Å². The molecule has 1 amide bonds. The number of hydrogen-bond acceptors (Lipinski definition) is 2. The van der Waals surface area contributed by atoms with Crippen molar-refractivity contribution in [1.82, 2.24) is 4.90 Å². The second-order valence-corrected chi connectivity index (χ2v) is 8.14. The second-order valence-electron chi connectivity index (χ2n) is 8.14. The lowest BCUT2D eigenvalue weighted by Crippen LogP contribution is -2.38. The number of amides is 1. The molecule has 4 heteroatoms. The number of fused-ring (bicyclic) bond motifs is 1. The van der Waals surface area contributed by atoms with Crippen molar-refractivity contribution in [2.45, 2.75) is 53.0 Å². The van der Waals surface area contributed by atoms with Gasteiger partial charge in [-0.2, -0.15) is 0 Å². The van der Waals surface area contributed by atoms with E-state index < -0.39 is 0 Å². The van der Waals surface area contributed by atoms with Crippen LogP contribution in [0.15, 0.2) is 0 Å². The number of nitrogens with two attached hydrogens (primary N) is 1.